The Kier molecular flexibility index (Phi) is 3.70. The zero-order chi connectivity index (χ0) is 14.7. The van der Waals surface area contributed by atoms with E-state index in [1.165, 1.54) is 0 Å². The molecule has 0 unspecified atom stereocenters. The van der Waals surface area contributed by atoms with Gasteiger partial charge in [-0.15, -0.1) is 0 Å². The van der Waals surface area contributed by atoms with Crippen LogP contribution in [0.5, 0.6) is 0 Å². The second kappa shape index (κ2) is 5.80. The highest BCUT2D eigenvalue weighted by Crippen LogP contribution is 2.21. The van der Waals surface area contributed by atoms with Gasteiger partial charge in [0, 0.05) is 23.5 Å². The van der Waals surface area contributed by atoms with Gasteiger partial charge < -0.3 is 0 Å². The van der Waals surface area contributed by atoms with Gasteiger partial charge in [0.2, 0.25) is 4.77 Å². The highest BCUT2D eigenvalue weighted by atomic mass is 32.1. The van der Waals surface area contributed by atoms with Gasteiger partial charge in [-0.05, 0) is 30.8 Å². The van der Waals surface area contributed by atoms with Gasteiger partial charge in [0.15, 0.2) is 5.82 Å². The molecule has 0 bridgehead atoms. The largest absolute Gasteiger partial charge is 0.264 e. The summed E-state index contributed by atoms with van der Waals surface area (Å²) in [6.45, 7) is 2.03. The lowest BCUT2D eigenvalue weighted by molar-refractivity contribution is 0.870. The Bertz CT molecular complexity index is 833. The SMILES string of the molecule is Cc1ccccc1-c1n[nH]c(=S)n1/N=C/c1cccnc1. The topological polar surface area (TPSA) is 58.9 Å². The summed E-state index contributed by atoms with van der Waals surface area (Å²) in [5, 5.41) is 11.5. The summed E-state index contributed by atoms with van der Waals surface area (Å²) in [5.41, 5.74) is 3.01. The van der Waals surface area contributed by atoms with Gasteiger partial charge in [0.1, 0.15) is 0 Å². The molecule has 21 heavy (non-hydrogen) atoms. The number of aryl methyl sites for hydroxylation is 1. The maximum atomic E-state index is 5.25. The van der Waals surface area contributed by atoms with E-state index in [2.05, 4.69) is 20.3 Å². The Balaban J connectivity index is 2.05. The quantitative estimate of drug-likeness (QED) is 0.596. The average Bonchev–Trinajstić information content (AvgIpc) is 2.88. The van der Waals surface area contributed by atoms with Crippen molar-refractivity contribution in [3.8, 4) is 11.4 Å². The van der Waals surface area contributed by atoms with Gasteiger partial charge >= 0.3 is 0 Å². The van der Waals surface area contributed by atoms with Crippen molar-refractivity contribution >= 4 is 18.4 Å². The molecule has 0 saturated carbocycles. The van der Waals surface area contributed by atoms with Crippen LogP contribution in [0.1, 0.15) is 11.1 Å². The monoisotopic (exact) mass is 295 g/mol. The number of aromatic amines is 1. The fourth-order valence-electron chi connectivity index (χ4n) is 1.97. The van der Waals surface area contributed by atoms with Crippen LogP contribution in [0.3, 0.4) is 0 Å². The van der Waals surface area contributed by atoms with E-state index in [0.717, 1.165) is 16.7 Å². The number of hydrogen-bond acceptors (Lipinski definition) is 4. The Morgan fingerprint density at radius 3 is 2.86 bits per heavy atom. The molecule has 0 radical (unpaired) electrons. The van der Waals surface area contributed by atoms with Crippen LogP contribution in [0.4, 0.5) is 0 Å². The van der Waals surface area contributed by atoms with Gasteiger partial charge in [0.05, 0.1) is 6.21 Å². The first-order valence-electron chi connectivity index (χ1n) is 6.43. The van der Waals surface area contributed by atoms with Crippen LogP contribution in [-0.4, -0.2) is 26.1 Å². The smallest absolute Gasteiger partial charge is 0.216 e. The highest BCUT2D eigenvalue weighted by molar-refractivity contribution is 7.71. The van der Waals surface area contributed by atoms with Crippen LogP contribution in [-0.2, 0) is 0 Å². The first-order valence-corrected chi connectivity index (χ1v) is 6.84. The molecule has 1 aromatic carbocycles. The molecule has 2 aromatic heterocycles. The lowest BCUT2D eigenvalue weighted by Gasteiger charge is -2.04. The average molecular weight is 295 g/mol. The van der Waals surface area contributed by atoms with E-state index < -0.39 is 0 Å². The van der Waals surface area contributed by atoms with E-state index in [4.69, 9.17) is 12.2 Å². The third kappa shape index (κ3) is 2.80. The highest BCUT2D eigenvalue weighted by Gasteiger charge is 2.09. The molecule has 104 valence electrons. The maximum Gasteiger partial charge on any atom is 0.216 e. The number of benzene rings is 1. The van der Waals surface area contributed by atoms with Crippen molar-refractivity contribution in [1.29, 1.82) is 0 Å². The number of hydrogen-bond donors (Lipinski definition) is 1. The molecule has 6 heteroatoms. The normalized spacial score (nSPS) is 11.1. The molecule has 0 aliphatic rings. The van der Waals surface area contributed by atoms with E-state index in [0.29, 0.717) is 10.6 Å². The lowest BCUT2D eigenvalue weighted by Crippen LogP contribution is -1.96. The third-order valence-electron chi connectivity index (χ3n) is 3.04. The molecule has 2 heterocycles. The van der Waals surface area contributed by atoms with Crippen molar-refractivity contribution in [2.24, 2.45) is 5.10 Å². The van der Waals surface area contributed by atoms with Crippen LogP contribution in [0.2, 0.25) is 0 Å². The zero-order valence-corrected chi connectivity index (χ0v) is 12.2. The Morgan fingerprint density at radius 2 is 2.10 bits per heavy atom. The van der Waals surface area contributed by atoms with Crippen molar-refractivity contribution in [1.82, 2.24) is 19.9 Å². The van der Waals surface area contributed by atoms with E-state index >= 15 is 0 Å². The fraction of sp³-hybridized carbons (Fsp3) is 0.0667. The second-order valence-corrected chi connectivity index (χ2v) is 4.90. The molecular formula is C15H13N5S. The summed E-state index contributed by atoms with van der Waals surface area (Å²) in [6.07, 6.45) is 5.17. The van der Waals surface area contributed by atoms with Crippen molar-refractivity contribution in [3.63, 3.8) is 0 Å². The minimum absolute atomic E-state index is 0.452. The molecule has 0 fully saturated rings. The predicted octanol–water partition coefficient (Wildman–Crippen LogP) is 3.19. The number of aromatic nitrogens is 4. The molecule has 3 aromatic rings. The first-order chi connectivity index (χ1) is 10.3. The second-order valence-electron chi connectivity index (χ2n) is 4.51. The van der Waals surface area contributed by atoms with Gasteiger partial charge in [-0.1, -0.05) is 30.3 Å². The van der Waals surface area contributed by atoms with Crippen molar-refractivity contribution in [3.05, 3.63) is 64.7 Å². The van der Waals surface area contributed by atoms with Crippen molar-refractivity contribution < 1.29 is 0 Å². The van der Waals surface area contributed by atoms with Crippen LogP contribution in [0, 0.1) is 11.7 Å². The van der Waals surface area contributed by atoms with Crippen LogP contribution in [0.15, 0.2) is 53.9 Å². The lowest BCUT2D eigenvalue weighted by atomic mass is 10.1. The van der Waals surface area contributed by atoms with Crippen LogP contribution < -0.4 is 0 Å². The predicted molar refractivity (Wildman–Crippen MR) is 84.8 cm³/mol. The fourth-order valence-corrected chi connectivity index (χ4v) is 2.15. The number of nitrogens with one attached hydrogen (secondary N) is 1. The molecule has 0 amide bonds. The van der Waals surface area contributed by atoms with E-state index in [1.807, 2.05) is 43.3 Å². The minimum atomic E-state index is 0.452. The van der Waals surface area contributed by atoms with Crippen molar-refractivity contribution in [2.75, 3.05) is 0 Å². The Morgan fingerprint density at radius 1 is 1.24 bits per heavy atom. The summed E-state index contributed by atoms with van der Waals surface area (Å²) < 4.78 is 2.07. The van der Waals surface area contributed by atoms with Crippen LogP contribution >= 0.6 is 12.2 Å². The Labute approximate surface area is 127 Å². The molecule has 1 N–H and O–H groups in total. The summed E-state index contributed by atoms with van der Waals surface area (Å²) in [6, 6.07) is 11.8. The van der Waals surface area contributed by atoms with E-state index in [-0.39, 0.29) is 0 Å². The molecule has 5 nitrogen and oxygen atoms in total. The Hall–Kier alpha value is -2.60. The van der Waals surface area contributed by atoms with Gasteiger partial charge in [0.25, 0.3) is 0 Å². The summed E-state index contributed by atoms with van der Waals surface area (Å²) in [7, 11) is 0. The summed E-state index contributed by atoms with van der Waals surface area (Å²) in [4.78, 5) is 4.05. The number of rotatable bonds is 3. The number of H-pyrrole nitrogens is 1. The molecule has 0 aliphatic carbocycles. The standard InChI is InChI=1S/C15H13N5S/c1-11-5-2-3-7-13(11)14-18-19-15(21)20(14)17-10-12-6-4-8-16-9-12/h2-10H,1H3,(H,19,21)/b17-10+. The maximum absolute atomic E-state index is 5.25. The van der Waals surface area contributed by atoms with Gasteiger partial charge in [-0.3, -0.25) is 4.98 Å². The zero-order valence-electron chi connectivity index (χ0n) is 11.4. The third-order valence-corrected chi connectivity index (χ3v) is 3.31. The summed E-state index contributed by atoms with van der Waals surface area (Å²) >= 11 is 5.25. The molecule has 0 spiro atoms. The van der Waals surface area contributed by atoms with Gasteiger partial charge in [-0.25, -0.2) is 5.10 Å². The molecule has 0 atom stereocenters. The van der Waals surface area contributed by atoms with Crippen molar-refractivity contribution in [2.45, 2.75) is 6.92 Å². The summed E-state index contributed by atoms with van der Waals surface area (Å²) in [5.74, 6) is 0.693. The molecular weight excluding hydrogens is 282 g/mol. The van der Waals surface area contributed by atoms with E-state index in [1.54, 1.807) is 23.3 Å². The number of nitrogens with zero attached hydrogens (tertiary/aromatic N) is 4. The molecule has 3 rings (SSSR count). The minimum Gasteiger partial charge on any atom is -0.264 e. The first kappa shape index (κ1) is 13.4. The van der Waals surface area contributed by atoms with Crippen LogP contribution in [0.25, 0.3) is 11.4 Å². The van der Waals surface area contributed by atoms with E-state index in [9.17, 15) is 0 Å². The number of pyridine rings is 1. The van der Waals surface area contributed by atoms with Gasteiger partial charge in [-0.2, -0.15) is 14.9 Å². The molecule has 0 aliphatic heterocycles. The molecule has 0 saturated heterocycles.